The molecule has 0 aliphatic carbocycles. The Balaban J connectivity index is 1.53. The molecule has 0 spiro atoms. The fraction of sp³-hybridized carbons (Fsp3) is 0.478. The van der Waals surface area contributed by atoms with Crippen molar-refractivity contribution in [3.8, 4) is 11.5 Å². The van der Waals surface area contributed by atoms with Gasteiger partial charge < -0.3 is 9.47 Å². The van der Waals surface area contributed by atoms with E-state index in [9.17, 15) is 0 Å². The predicted octanol–water partition coefficient (Wildman–Crippen LogP) is 3.60. The maximum atomic E-state index is 5.51. The predicted molar refractivity (Wildman–Crippen MR) is 108 cm³/mol. The standard InChI is InChI=1S/C23H30N2O2/c1-26-22-11-10-19(14-23(22)27-2)15-25-16-20-9-6-12-24(20)17-21(25)13-18-7-4-3-5-8-18/h3-5,7-8,10-11,14,20-21H,6,9,12-13,15-17H2,1-2H3/t20-,21+/m0/s1. The average molecular weight is 367 g/mol. The number of fused-ring (bicyclic) bond motifs is 1. The van der Waals surface area contributed by atoms with Crippen LogP contribution in [0.1, 0.15) is 24.0 Å². The first-order valence-electron chi connectivity index (χ1n) is 9.99. The first-order valence-corrected chi connectivity index (χ1v) is 9.99. The smallest absolute Gasteiger partial charge is 0.161 e. The lowest BCUT2D eigenvalue weighted by Gasteiger charge is -2.44. The zero-order valence-corrected chi connectivity index (χ0v) is 16.4. The zero-order chi connectivity index (χ0) is 18.6. The summed E-state index contributed by atoms with van der Waals surface area (Å²) in [6.45, 7) is 4.56. The Labute approximate surface area is 162 Å². The van der Waals surface area contributed by atoms with Crippen molar-refractivity contribution in [1.82, 2.24) is 9.80 Å². The minimum absolute atomic E-state index is 0.551. The molecule has 2 aromatic rings. The van der Waals surface area contributed by atoms with Gasteiger partial charge in [-0.2, -0.15) is 0 Å². The Kier molecular flexibility index (Phi) is 5.65. The highest BCUT2D eigenvalue weighted by atomic mass is 16.5. The van der Waals surface area contributed by atoms with Gasteiger partial charge in [0, 0.05) is 31.7 Å². The van der Waals surface area contributed by atoms with Crippen molar-refractivity contribution >= 4 is 0 Å². The number of piperazine rings is 1. The molecule has 0 unspecified atom stereocenters. The lowest BCUT2D eigenvalue weighted by molar-refractivity contribution is 0.0455. The lowest BCUT2D eigenvalue weighted by atomic mass is 9.99. The van der Waals surface area contributed by atoms with E-state index in [2.05, 4.69) is 52.3 Å². The second-order valence-corrected chi connectivity index (χ2v) is 7.75. The monoisotopic (exact) mass is 366 g/mol. The number of methoxy groups -OCH3 is 2. The quantitative estimate of drug-likeness (QED) is 0.780. The lowest BCUT2D eigenvalue weighted by Crippen LogP contribution is -2.56. The van der Waals surface area contributed by atoms with E-state index in [1.165, 1.54) is 37.1 Å². The Bertz CT molecular complexity index is 749. The molecule has 0 aromatic heterocycles. The second kappa shape index (κ2) is 8.32. The van der Waals surface area contributed by atoms with Crippen LogP contribution < -0.4 is 9.47 Å². The fourth-order valence-corrected chi connectivity index (χ4v) is 4.64. The van der Waals surface area contributed by atoms with Crippen LogP contribution in [-0.4, -0.2) is 55.7 Å². The van der Waals surface area contributed by atoms with Crippen molar-refractivity contribution in [1.29, 1.82) is 0 Å². The van der Waals surface area contributed by atoms with E-state index in [0.29, 0.717) is 6.04 Å². The van der Waals surface area contributed by atoms with Gasteiger partial charge in [-0.05, 0) is 49.1 Å². The van der Waals surface area contributed by atoms with Crippen LogP contribution in [0.4, 0.5) is 0 Å². The topological polar surface area (TPSA) is 24.9 Å². The molecular weight excluding hydrogens is 336 g/mol. The van der Waals surface area contributed by atoms with Gasteiger partial charge in [-0.1, -0.05) is 36.4 Å². The van der Waals surface area contributed by atoms with Crippen molar-refractivity contribution in [2.75, 3.05) is 33.9 Å². The Morgan fingerprint density at radius 1 is 0.926 bits per heavy atom. The molecule has 0 N–H and O–H groups in total. The molecule has 2 aliphatic heterocycles. The van der Waals surface area contributed by atoms with Gasteiger partial charge in [0.25, 0.3) is 0 Å². The number of hydrogen-bond acceptors (Lipinski definition) is 4. The summed E-state index contributed by atoms with van der Waals surface area (Å²) in [6.07, 6.45) is 3.78. The van der Waals surface area contributed by atoms with Crippen LogP contribution in [0.2, 0.25) is 0 Å². The van der Waals surface area contributed by atoms with Crippen molar-refractivity contribution in [3.63, 3.8) is 0 Å². The highest BCUT2D eigenvalue weighted by Gasteiger charge is 2.36. The summed E-state index contributed by atoms with van der Waals surface area (Å²) in [5, 5.41) is 0. The summed E-state index contributed by atoms with van der Waals surface area (Å²) >= 11 is 0. The summed E-state index contributed by atoms with van der Waals surface area (Å²) in [6, 6.07) is 18.5. The summed E-state index contributed by atoms with van der Waals surface area (Å²) in [5.41, 5.74) is 2.72. The summed E-state index contributed by atoms with van der Waals surface area (Å²) in [7, 11) is 3.39. The summed E-state index contributed by atoms with van der Waals surface area (Å²) < 4.78 is 10.9. The van der Waals surface area contributed by atoms with Gasteiger partial charge in [0.15, 0.2) is 11.5 Å². The van der Waals surface area contributed by atoms with E-state index in [1.54, 1.807) is 14.2 Å². The van der Waals surface area contributed by atoms with Crippen molar-refractivity contribution in [2.24, 2.45) is 0 Å². The zero-order valence-electron chi connectivity index (χ0n) is 16.4. The van der Waals surface area contributed by atoms with E-state index < -0.39 is 0 Å². The third-order valence-electron chi connectivity index (χ3n) is 6.05. The summed E-state index contributed by atoms with van der Waals surface area (Å²) in [4.78, 5) is 5.39. The largest absolute Gasteiger partial charge is 0.493 e. The Morgan fingerprint density at radius 3 is 2.52 bits per heavy atom. The fourth-order valence-electron chi connectivity index (χ4n) is 4.64. The number of nitrogens with zero attached hydrogens (tertiary/aromatic N) is 2. The molecule has 2 heterocycles. The van der Waals surface area contributed by atoms with Crippen LogP contribution in [0, 0.1) is 0 Å². The maximum absolute atomic E-state index is 5.51. The third kappa shape index (κ3) is 4.12. The molecule has 2 atom stereocenters. The molecule has 0 saturated carbocycles. The molecule has 4 rings (SSSR count). The Morgan fingerprint density at radius 2 is 1.74 bits per heavy atom. The second-order valence-electron chi connectivity index (χ2n) is 7.75. The number of hydrogen-bond donors (Lipinski definition) is 0. The molecule has 0 bridgehead atoms. The van der Waals surface area contributed by atoms with Gasteiger partial charge in [0.05, 0.1) is 14.2 Å². The van der Waals surface area contributed by atoms with Crippen LogP contribution in [0.3, 0.4) is 0 Å². The maximum Gasteiger partial charge on any atom is 0.161 e. The van der Waals surface area contributed by atoms with Gasteiger partial charge >= 0.3 is 0 Å². The third-order valence-corrected chi connectivity index (χ3v) is 6.05. The molecule has 2 fully saturated rings. The van der Waals surface area contributed by atoms with E-state index in [0.717, 1.165) is 37.1 Å². The average Bonchev–Trinajstić information content (AvgIpc) is 3.16. The SMILES string of the molecule is COc1ccc(CN2C[C@@H]3CCCN3C[C@H]2Cc2ccccc2)cc1OC. The molecule has 4 heteroatoms. The summed E-state index contributed by atoms with van der Waals surface area (Å²) in [5.74, 6) is 1.61. The van der Waals surface area contributed by atoms with Crippen molar-refractivity contribution in [3.05, 3.63) is 59.7 Å². The van der Waals surface area contributed by atoms with Gasteiger partial charge in [0.1, 0.15) is 0 Å². The van der Waals surface area contributed by atoms with Crippen LogP contribution in [0.15, 0.2) is 48.5 Å². The highest BCUT2D eigenvalue weighted by Crippen LogP contribution is 2.31. The molecule has 2 saturated heterocycles. The highest BCUT2D eigenvalue weighted by molar-refractivity contribution is 5.42. The molecule has 0 radical (unpaired) electrons. The first kappa shape index (κ1) is 18.3. The molecule has 2 aromatic carbocycles. The van der Waals surface area contributed by atoms with E-state index >= 15 is 0 Å². The van der Waals surface area contributed by atoms with Crippen LogP contribution >= 0.6 is 0 Å². The van der Waals surface area contributed by atoms with E-state index in [1.807, 2.05) is 6.07 Å². The van der Waals surface area contributed by atoms with Gasteiger partial charge in [-0.3, -0.25) is 9.80 Å². The van der Waals surface area contributed by atoms with E-state index in [4.69, 9.17) is 9.47 Å². The van der Waals surface area contributed by atoms with Crippen LogP contribution in [-0.2, 0) is 13.0 Å². The molecule has 144 valence electrons. The number of rotatable bonds is 6. The van der Waals surface area contributed by atoms with Crippen molar-refractivity contribution in [2.45, 2.75) is 37.9 Å². The molecule has 4 nitrogen and oxygen atoms in total. The molecule has 27 heavy (non-hydrogen) atoms. The molecular formula is C23H30N2O2. The molecule has 2 aliphatic rings. The van der Waals surface area contributed by atoms with E-state index in [-0.39, 0.29) is 0 Å². The van der Waals surface area contributed by atoms with Crippen LogP contribution in [0.25, 0.3) is 0 Å². The molecule has 0 amide bonds. The normalized spacial score (nSPS) is 23.2. The Hall–Kier alpha value is -2.04. The number of ether oxygens (including phenoxy) is 2. The van der Waals surface area contributed by atoms with Gasteiger partial charge in [0.2, 0.25) is 0 Å². The van der Waals surface area contributed by atoms with Crippen molar-refractivity contribution < 1.29 is 9.47 Å². The minimum atomic E-state index is 0.551. The van der Waals surface area contributed by atoms with Crippen LogP contribution in [0.5, 0.6) is 11.5 Å². The minimum Gasteiger partial charge on any atom is -0.493 e. The van der Waals surface area contributed by atoms with Gasteiger partial charge in [-0.25, -0.2) is 0 Å². The van der Waals surface area contributed by atoms with Gasteiger partial charge in [-0.15, -0.1) is 0 Å². The number of benzene rings is 2. The first-order chi connectivity index (χ1) is 13.3.